The molecule has 0 amide bonds. The number of nitrogens with one attached hydrogen (secondary N) is 2. The highest BCUT2D eigenvalue weighted by Crippen LogP contribution is 2.29. The maximum Gasteiger partial charge on any atom is 0.213 e. The van der Waals surface area contributed by atoms with Crippen LogP contribution in [0.5, 0.6) is 5.88 Å². The van der Waals surface area contributed by atoms with Crippen molar-refractivity contribution in [1.82, 2.24) is 20.5 Å². The first-order valence-corrected chi connectivity index (χ1v) is 11.8. The van der Waals surface area contributed by atoms with Gasteiger partial charge in [0, 0.05) is 45.0 Å². The van der Waals surface area contributed by atoms with E-state index in [1.807, 2.05) is 18.3 Å². The second-order valence-electron chi connectivity index (χ2n) is 8.47. The molecule has 0 atom stereocenters. The van der Waals surface area contributed by atoms with Crippen LogP contribution in [0.2, 0.25) is 0 Å². The smallest absolute Gasteiger partial charge is 0.213 e. The normalized spacial score (nSPS) is 17.2. The van der Waals surface area contributed by atoms with Crippen LogP contribution in [0, 0.1) is 5.92 Å². The molecule has 0 spiro atoms. The summed E-state index contributed by atoms with van der Waals surface area (Å²) in [5.74, 6) is 2.24. The maximum atomic E-state index is 5.72. The monoisotopic (exact) mass is 437 g/mol. The molecule has 2 aromatic rings. The number of hydrogen-bond donors (Lipinski definition) is 2. The Morgan fingerprint density at radius 1 is 1.12 bits per heavy atom. The van der Waals surface area contributed by atoms with Crippen LogP contribution in [0.1, 0.15) is 36.5 Å². The number of hydrogen-bond acceptors (Lipinski definition) is 5. The molecule has 0 unspecified atom stereocenters. The number of guanidine groups is 1. The highest BCUT2D eigenvalue weighted by Gasteiger charge is 2.22. The molecule has 1 aromatic carbocycles. The fraction of sp³-hybridized carbons (Fsp3) is 0.520. The van der Waals surface area contributed by atoms with Gasteiger partial charge in [0.15, 0.2) is 5.96 Å². The summed E-state index contributed by atoms with van der Waals surface area (Å²) in [6.07, 6.45) is 4.42. The van der Waals surface area contributed by atoms with Crippen LogP contribution in [-0.2, 0) is 24.4 Å². The van der Waals surface area contributed by atoms with Gasteiger partial charge in [0.2, 0.25) is 5.88 Å². The topological polar surface area (TPSA) is 71.0 Å². The summed E-state index contributed by atoms with van der Waals surface area (Å²) in [5.41, 5.74) is 3.71. The predicted molar refractivity (Wildman–Crippen MR) is 127 cm³/mol. The highest BCUT2D eigenvalue weighted by molar-refractivity contribution is 5.79. The molecule has 2 aliphatic rings. The van der Waals surface area contributed by atoms with Crippen molar-refractivity contribution in [2.75, 3.05) is 39.5 Å². The summed E-state index contributed by atoms with van der Waals surface area (Å²) >= 11 is 0. The van der Waals surface area contributed by atoms with Gasteiger partial charge < -0.3 is 20.1 Å². The van der Waals surface area contributed by atoms with E-state index >= 15 is 0 Å². The molecule has 1 aliphatic carbocycles. The first-order chi connectivity index (χ1) is 15.8. The van der Waals surface area contributed by atoms with Gasteiger partial charge in [-0.05, 0) is 42.4 Å². The Morgan fingerprint density at radius 3 is 2.66 bits per heavy atom. The van der Waals surface area contributed by atoms with E-state index < -0.39 is 0 Å². The lowest BCUT2D eigenvalue weighted by atomic mass is 10.1. The van der Waals surface area contributed by atoms with Gasteiger partial charge in [-0.25, -0.2) is 9.98 Å². The molecule has 1 aromatic heterocycles. The van der Waals surface area contributed by atoms with E-state index in [2.05, 4.69) is 51.7 Å². The molecule has 0 radical (unpaired) electrons. The Kier molecular flexibility index (Phi) is 8.34. The zero-order valence-corrected chi connectivity index (χ0v) is 19.1. The predicted octanol–water partition coefficient (Wildman–Crippen LogP) is 2.96. The van der Waals surface area contributed by atoms with Crippen molar-refractivity contribution in [3.63, 3.8) is 0 Å². The fourth-order valence-corrected chi connectivity index (χ4v) is 3.65. The van der Waals surface area contributed by atoms with E-state index in [0.29, 0.717) is 12.4 Å². The van der Waals surface area contributed by atoms with Crippen molar-refractivity contribution in [2.45, 2.75) is 39.4 Å². The van der Waals surface area contributed by atoms with E-state index in [1.54, 1.807) is 0 Å². The molecule has 4 rings (SSSR count). The minimum absolute atomic E-state index is 0.570. The van der Waals surface area contributed by atoms with Crippen molar-refractivity contribution in [1.29, 1.82) is 0 Å². The molecule has 0 bridgehead atoms. The van der Waals surface area contributed by atoms with Crippen LogP contribution >= 0.6 is 0 Å². The van der Waals surface area contributed by atoms with Gasteiger partial charge in [-0.1, -0.05) is 30.3 Å². The van der Waals surface area contributed by atoms with Crippen LogP contribution in [-0.4, -0.2) is 55.3 Å². The summed E-state index contributed by atoms with van der Waals surface area (Å²) in [5, 5.41) is 6.83. The maximum absolute atomic E-state index is 5.72. The Bertz CT molecular complexity index is 861. The zero-order chi connectivity index (χ0) is 22.0. The Hall–Kier alpha value is -2.64. The van der Waals surface area contributed by atoms with Crippen LogP contribution in [0.4, 0.5) is 0 Å². The van der Waals surface area contributed by atoms with Gasteiger partial charge in [0.05, 0.1) is 26.4 Å². The molecular formula is C25H35N5O2. The van der Waals surface area contributed by atoms with E-state index in [0.717, 1.165) is 70.0 Å². The SMILES string of the molecule is CCNC(=NCc1ccc(OCC2CC2)nc1)NCc1ccccc1CN1CCOCC1. The molecule has 2 N–H and O–H groups in total. The van der Waals surface area contributed by atoms with Crippen molar-refractivity contribution >= 4 is 5.96 Å². The number of nitrogens with zero attached hydrogens (tertiary/aromatic N) is 3. The van der Waals surface area contributed by atoms with Gasteiger partial charge in [0.1, 0.15) is 0 Å². The lowest BCUT2D eigenvalue weighted by molar-refractivity contribution is 0.0341. The average molecular weight is 438 g/mol. The minimum Gasteiger partial charge on any atom is -0.477 e. The number of benzene rings is 1. The summed E-state index contributed by atoms with van der Waals surface area (Å²) in [7, 11) is 0. The van der Waals surface area contributed by atoms with Gasteiger partial charge >= 0.3 is 0 Å². The summed E-state index contributed by atoms with van der Waals surface area (Å²) < 4.78 is 11.2. The standard InChI is InChI=1S/C25H35N5O2/c1-2-26-25(28-16-21-9-10-24(27-15-21)32-19-20-7-8-20)29-17-22-5-3-4-6-23(22)18-30-11-13-31-14-12-30/h3-6,9-10,15,20H,2,7-8,11-14,16-19H2,1H3,(H2,26,28,29). The van der Waals surface area contributed by atoms with E-state index in [1.165, 1.54) is 24.0 Å². The van der Waals surface area contributed by atoms with E-state index in [-0.39, 0.29) is 0 Å². The summed E-state index contributed by atoms with van der Waals surface area (Å²) in [4.78, 5) is 11.6. The largest absolute Gasteiger partial charge is 0.477 e. The van der Waals surface area contributed by atoms with E-state index in [4.69, 9.17) is 14.5 Å². The number of morpholine rings is 1. The molecule has 1 aliphatic heterocycles. The first-order valence-electron chi connectivity index (χ1n) is 11.8. The third-order valence-electron chi connectivity index (χ3n) is 5.79. The molecule has 2 fully saturated rings. The molecule has 32 heavy (non-hydrogen) atoms. The summed E-state index contributed by atoms with van der Waals surface area (Å²) in [6.45, 7) is 9.56. The molecule has 1 saturated heterocycles. The molecular weight excluding hydrogens is 402 g/mol. The third-order valence-corrected chi connectivity index (χ3v) is 5.79. The quantitative estimate of drug-likeness (QED) is 0.440. The Morgan fingerprint density at radius 2 is 1.94 bits per heavy atom. The average Bonchev–Trinajstić information content (AvgIpc) is 3.66. The second kappa shape index (κ2) is 11.8. The molecule has 7 heteroatoms. The van der Waals surface area contributed by atoms with Gasteiger partial charge in [-0.2, -0.15) is 0 Å². The van der Waals surface area contributed by atoms with Crippen LogP contribution in [0.3, 0.4) is 0 Å². The van der Waals surface area contributed by atoms with Gasteiger partial charge in [0.25, 0.3) is 0 Å². The first kappa shape index (κ1) is 22.6. The number of ether oxygens (including phenoxy) is 2. The molecule has 2 heterocycles. The van der Waals surface area contributed by atoms with Crippen LogP contribution in [0.15, 0.2) is 47.6 Å². The lowest BCUT2D eigenvalue weighted by Gasteiger charge is -2.27. The summed E-state index contributed by atoms with van der Waals surface area (Å²) in [6, 6.07) is 12.6. The molecule has 1 saturated carbocycles. The second-order valence-corrected chi connectivity index (χ2v) is 8.47. The Balaban J connectivity index is 1.31. The van der Waals surface area contributed by atoms with Gasteiger partial charge in [-0.15, -0.1) is 0 Å². The van der Waals surface area contributed by atoms with Crippen molar-refractivity contribution < 1.29 is 9.47 Å². The zero-order valence-electron chi connectivity index (χ0n) is 19.1. The highest BCUT2D eigenvalue weighted by atomic mass is 16.5. The van der Waals surface area contributed by atoms with Crippen LogP contribution < -0.4 is 15.4 Å². The van der Waals surface area contributed by atoms with Crippen molar-refractivity contribution in [3.8, 4) is 5.88 Å². The molecule has 7 nitrogen and oxygen atoms in total. The van der Waals surface area contributed by atoms with Crippen molar-refractivity contribution in [2.24, 2.45) is 10.9 Å². The lowest BCUT2D eigenvalue weighted by Crippen LogP contribution is -2.38. The number of aliphatic imine (C=N–C) groups is 1. The van der Waals surface area contributed by atoms with Crippen LogP contribution in [0.25, 0.3) is 0 Å². The van der Waals surface area contributed by atoms with Crippen molar-refractivity contribution in [3.05, 3.63) is 59.3 Å². The number of rotatable bonds is 10. The third kappa shape index (κ3) is 7.21. The molecule has 172 valence electrons. The van der Waals surface area contributed by atoms with Gasteiger partial charge in [-0.3, -0.25) is 4.90 Å². The fourth-order valence-electron chi connectivity index (χ4n) is 3.65. The Labute approximate surface area is 191 Å². The number of aromatic nitrogens is 1. The minimum atomic E-state index is 0.570. The number of pyridine rings is 1. The van der Waals surface area contributed by atoms with E-state index in [9.17, 15) is 0 Å².